The molecule has 1 aliphatic carbocycles. The third-order valence-corrected chi connectivity index (χ3v) is 8.58. The van der Waals surface area contributed by atoms with Crippen molar-refractivity contribution in [1.29, 1.82) is 5.26 Å². The molecule has 1 unspecified atom stereocenters. The van der Waals surface area contributed by atoms with E-state index >= 15 is 0 Å². The van der Waals surface area contributed by atoms with Crippen molar-refractivity contribution in [3.63, 3.8) is 0 Å². The van der Waals surface area contributed by atoms with Gasteiger partial charge in [-0.1, -0.05) is 60.8 Å². The summed E-state index contributed by atoms with van der Waals surface area (Å²) in [6, 6.07) is 17.4. The van der Waals surface area contributed by atoms with Crippen LogP contribution >= 0.6 is 23.2 Å². The van der Waals surface area contributed by atoms with Crippen LogP contribution in [0.3, 0.4) is 0 Å². The van der Waals surface area contributed by atoms with Crippen molar-refractivity contribution in [1.82, 2.24) is 0 Å². The molecule has 0 saturated carbocycles. The fraction of sp³-hybridized carbons (Fsp3) is 0.273. The Morgan fingerprint density at radius 2 is 1.83 bits per heavy atom. The molecule has 0 spiro atoms. The van der Waals surface area contributed by atoms with Crippen LogP contribution < -0.4 is 15.4 Å². The topological polar surface area (TPSA) is 79.3 Å². The highest BCUT2D eigenvalue weighted by molar-refractivity contribution is 6.43. The Morgan fingerprint density at radius 3 is 2.51 bits per heavy atom. The van der Waals surface area contributed by atoms with E-state index in [1.807, 2.05) is 39.8 Å². The average Bonchev–Trinajstić information content (AvgIpc) is 2.90. The average molecular weight is 591 g/mol. The molecule has 210 valence electrons. The molecule has 2 N–H and O–H groups in total. The number of allylic oxidation sites excluding steroid dienone is 3. The first-order valence-electron chi connectivity index (χ1n) is 13.3. The predicted molar refractivity (Wildman–Crippen MR) is 160 cm³/mol. The maximum absolute atomic E-state index is 14.0. The summed E-state index contributed by atoms with van der Waals surface area (Å²) >= 11 is 13.0. The van der Waals surface area contributed by atoms with Gasteiger partial charge in [-0.25, -0.2) is 4.39 Å². The number of carbonyl (C=O) groups excluding carboxylic acids is 1. The molecule has 0 radical (unpaired) electrons. The number of halogens is 3. The summed E-state index contributed by atoms with van der Waals surface area (Å²) in [5.74, 6) is -0.269. The number of hydrogen-bond acceptors (Lipinski definition) is 5. The first kappa shape index (κ1) is 28.7. The number of nitrogens with two attached hydrogens (primary N) is 1. The van der Waals surface area contributed by atoms with Crippen molar-refractivity contribution >= 4 is 34.7 Å². The van der Waals surface area contributed by atoms with Crippen molar-refractivity contribution in [3.8, 4) is 11.8 Å². The molecule has 1 heterocycles. The number of rotatable bonds is 5. The minimum Gasteiger partial charge on any atom is -0.489 e. The largest absolute Gasteiger partial charge is 0.489 e. The number of anilines is 1. The molecule has 1 atom stereocenters. The maximum Gasteiger partial charge on any atom is 0.162 e. The van der Waals surface area contributed by atoms with Gasteiger partial charge in [0.25, 0.3) is 0 Å². The molecule has 0 saturated heterocycles. The highest BCUT2D eigenvalue weighted by atomic mass is 35.5. The number of nitriles is 1. The molecular weight excluding hydrogens is 560 g/mol. The van der Waals surface area contributed by atoms with Crippen LogP contribution in [0.15, 0.2) is 77.3 Å². The van der Waals surface area contributed by atoms with Gasteiger partial charge in [-0.05, 0) is 78.8 Å². The number of carbonyl (C=O) groups is 1. The van der Waals surface area contributed by atoms with Crippen LogP contribution in [0.5, 0.6) is 5.75 Å². The molecule has 3 aromatic carbocycles. The molecule has 5 nitrogen and oxygen atoms in total. The smallest absolute Gasteiger partial charge is 0.162 e. The standard InChI is InChI=1S/C33H30Cl2FN3O2/c1-18-12-20(17-41-22-10-8-21(36)9-11-22)19(2)23(13-18)29-24(16-37)32(38)39(26-7-5-6-25(34)31(26)35)27-14-33(3,4)15-28(40)30(27)29/h5-13,29H,14-15,17,38H2,1-4H3. The van der Waals surface area contributed by atoms with E-state index in [2.05, 4.69) is 6.07 Å². The number of ether oxygens (including phenoxy) is 1. The van der Waals surface area contributed by atoms with Crippen LogP contribution in [0.4, 0.5) is 10.1 Å². The lowest BCUT2D eigenvalue weighted by Crippen LogP contribution is -2.42. The molecule has 0 amide bonds. The second-order valence-corrected chi connectivity index (χ2v) is 12.2. The minimum atomic E-state index is -0.655. The minimum absolute atomic E-state index is 0.0327. The fourth-order valence-electron chi connectivity index (χ4n) is 5.87. The summed E-state index contributed by atoms with van der Waals surface area (Å²) < 4.78 is 19.3. The Labute approximate surface area is 249 Å². The van der Waals surface area contributed by atoms with E-state index in [4.69, 9.17) is 33.7 Å². The monoisotopic (exact) mass is 589 g/mol. The third-order valence-electron chi connectivity index (χ3n) is 7.77. The maximum atomic E-state index is 14.0. The van der Waals surface area contributed by atoms with Crippen LogP contribution in [0.2, 0.25) is 10.0 Å². The molecule has 41 heavy (non-hydrogen) atoms. The van der Waals surface area contributed by atoms with Gasteiger partial charge in [-0.3, -0.25) is 9.69 Å². The quantitative estimate of drug-likeness (QED) is 0.324. The first-order chi connectivity index (χ1) is 19.4. The second kappa shape index (κ2) is 10.9. The fourth-order valence-corrected chi connectivity index (χ4v) is 6.25. The van der Waals surface area contributed by atoms with Crippen molar-refractivity contribution in [2.24, 2.45) is 11.1 Å². The lowest BCUT2D eigenvalue weighted by molar-refractivity contribution is -0.118. The van der Waals surface area contributed by atoms with Gasteiger partial charge in [-0.2, -0.15) is 5.26 Å². The number of hydrogen-bond donors (Lipinski definition) is 1. The molecule has 0 bridgehead atoms. The Bertz CT molecular complexity index is 1670. The summed E-state index contributed by atoms with van der Waals surface area (Å²) in [5, 5.41) is 11.1. The van der Waals surface area contributed by atoms with Crippen LogP contribution in [-0.4, -0.2) is 5.78 Å². The summed E-state index contributed by atoms with van der Waals surface area (Å²) in [7, 11) is 0. The van der Waals surface area contributed by atoms with Crippen molar-refractivity contribution in [2.75, 3.05) is 4.90 Å². The van der Waals surface area contributed by atoms with Gasteiger partial charge in [0.05, 0.1) is 33.3 Å². The Morgan fingerprint density at radius 1 is 1.12 bits per heavy atom. The zero-order valence-electron chi connectivity index (χ0n) is 23.3. The lowest BCUT2D eigenvalue weighted by Gasteiger charge is -2.44. The molecule has 5 rings (SSSR count). The Balaban J connectivity index is 1.69. The number of benzene rings is 3. The van der Waals surface area contributed by atoms with Gasteiger partial charge in [0.2, 0.25) is 0 Å². The Kier molecular flexibility index (Phi) is 7.63. The molecule has 0 aromatic heterocycles. The zero-order valence-corrected chi connectivity index (χ0v) is 24.8. The number of nitrogens with zero attached hydrogens (tertiary/aromatic N) is 2. The van der Waals surface area contributed by atoms with E-state index in [9.17, 15) is 14.4 Å². The summed E-state index contributed by atoms with van der Waals surface area (Å²) in [6.07, 6.45) is 0.891. The zero-order chi connectivity index (χ0) is 29.6. The van der Waals surface area contributed by atoms with Crippen molar-refractivity contribution in [3.05, 3.63) is 115 Å². The summed E-state index contributed by atoms with van der Waals surface area (Å²) in [6.45, 7) is 8.25. The van der Waals surface area contributed by atoms with E-state index in [0.717, 1.165) is 28.0 Å². The highest BCUT2D eigenvalue weighted by Gasteiger charge is 2.45. The van der Waals surface area contributed by atoms with Crippen LogP contribution in [-0.2, 0) is 11.4 Å². The van der Waals surface area contributed by atoms with Crippen LogP contribution in [0, 0.1) is 36.4 Å². The van der Waals surface area contributed by atoms with Gasteiger partial charge in [-0.15, -0.1) is 0 Å². The van der Waals surface area contributed by atoms with Crippen LogP contribution in [0.25, 0.3) is 0 Å². The molecule has 0 fully saturated rings. The summed E-state index contributed by atoms with van der Waals surface area (Å²) in [5.41, 5.74) is 12.1. The van der Waals surface area contributed by atoms with Crippen molar-refractivity contribution < 1.29 is 13.9 Å². The van der Waals surface area contributed by atoms with Crippen molar-refractivity contribution in [2.45, 2.75) is 53.1 Å². The number of Topliss-reactive ketones (excluding diaryl/α,β-unsaturated/α-hetero) is 1. The SMILES string of the molecule is Cc1cc(COc2ccc(F)cc2)c(C)c(C2C(C#N)=C(N)N(c3cccc(Cl)c3Cl)C3=C2C(=O)CC(C)(C)C3)c1. The second-order valence-electron chi connectivity index (χ2n) is 11.4. The lowest BCUT2D eigenvalue weighted by atomic mass is 9.68. The van der Waals surface area contributed by atoms with Gasteiger partial charge in [0, 0.05) is 17.7 Å². The van der Waals surface area contributed by atoms with Gasteiger partial charge < -0.3 is 10.5 Å². The number of aryl methyl sites for hydroxylation is 1. The van der Waals surface area contributed by atoms with E-state index in [-0.39, 0.29) is 35.0 Å². The van der Waals surface area contributed by atoms with Gasteiger partial charge >= 0.3 is 0 Å². The van der Waals surface area contributed by atoms with E-state index in [1.165, 1.54) is 12.1 Å². The number of ketones is 1. The van der Waals surface area contributed by atoms with E-state index in [0.29, 0.717) is 39.9 Å². The predicted octanol–water partition coefficient (Wildman–Crippen LogP) is 8.27. The van der Waals surface area contributed by atoms with Crippen LogP contribution in [0.1, 0.15) is 54.9 Å². The Hall–Kier alpha value is -3.79. The molecular formula is C33H30Cl2FN3O2. The first-order valence-corrected chi connectivity index (χ1v) is 14.1. The molecule has 8 heteroatoms. The molecule has 3 aromatic rings. The molecule has 2 aliphatic rings. The van der Waals surface area contributed by atoms with Gasteiger partial charge in [0.15, 0.2) is 5.78 Å². The normalized spacial score (nSPS) is 18.3. The molecule has 1 aliphatic heterocycles. The van der Waals surface area contributed by atoms with E-state index in [1.54, 1.807) is 35.2 Å². The van der Waals surface area contributed by atoms with Gasteiger partial charge in [0.1, 0.15) is 24.0 Å². The van der Waals surface area contributed by atoms with E-state index < -0.39 is 5.92 Å². The summed E-state index contributed by atoms with van der Waals surface area (Å²) in [4.78, 5) is 15.7. The highest BCUT2D eigenvalue weighted by Crippen LogP contribution is 2.52. The third kappa shape index (κ3) is 5.32.